The van der Waals surface area contributed by atoms with Crippen molar-refractivity contribution in [2.24, 2.45) is 0 Å². The average molecular weight is 533 g/mol. The number of phenols is 1. The van der Waals surface area contributed by atoms with Gasteiger partial charge in [-0.2, -0.15) is 0 Å². The van der Waals surface area contributed by atoms with Crippen molar-refractivity contribution in [3.8, 4) is 23.0 Å². The van der Waals surface area contributed by atoms with Crippen LogP contribution in [0, 0.1) is 0 Å². The second-order valence-electron chi connectivity index (χ2n) is 9.68. The molecular formula is C29H28N2O8. The van der Waals surface area contributed by atoms with Crippen molar-refractivity contribution in [1.29, 1.82) is 0 Å². The molecule has 1 atom stereocenters. The molecule has 0 unspecified atom stereocenters. The molecule has 202 valence electrons. The van der Waals surface area contributed by atoms with Crippen molar-refractivity contribution in [3.05, 3.63) is 77.9 Å². The standard InChI is InChI=1S/C29H28N2O8/c1-29(2,3)39-28(35)31-22(27(34)36-4)15-17-10-13-24-21(14-17)30-25(38-24)20-12-11-19(16-23(20)32)37-26(33)18-8-6-5-7-9-18/h5-14,16,22,32H,15H2,1-4H3,(H,31,35)/t22-/m0/s1. The third-order valence-electron chi connectivity index (χ3n) is 5.49. The maximum absolute atomic E-state index is 12.3. The Morgan fingerprint density at radius 1 is 1.03 bits per heavy atom. The van der Waals surface area contributed by atoms with Crippen molar-refractivity contribution >= 4 is 29.1 Å². The van der Waals surface area contributed by atoms with Gasteiger partial charge in [-0.15, -0.1) is 0 Å². The van der Waals surface area contributed by atoms with Gasteiger partial charge in [0.15, 0.2) is 5.58 Å². The lowest BCUT2D eigenvalue weighted by Gasteiger charge is -2.22. The number of amides is 1. The van der Waals surface area contributed by atoms with E-state index in [1.54, 1.807) is 69.3 Å². The van der Waals surface area contributed by atoms with Crippen LogP contribution in [0.5, 0.6) is 11.5 Å². The van der Waals surface area contributed by atoms with Crippen LogP contribution in [0.1, 0.15) is 36.7 Å². The first-order valence-electron chi connectivity index (χ1n) is 12.1. The van der Waals surface area contributed by atoms with Gasteiger partial charge in [-0.1, -0.05) is 24.3 Å². The number of carbonyl (C=O) groups excluding carboxylic acids is 3. The van der Waals surface area contributed by atoms with Crippen molar-refractivity contribution in [3.63, 3.8) is 0 Å². The van der Waals surface area contributed by atoms with Crippen LogP contribution in [0.15, 0.2) is 71.1 Å². The SMILES string of the molecule is COC(=O)[C@H](Cc1ccc2oc(-c3ccc(OC(=O)c4ccccc4)cc3O)nc2c1)NC(=O)OC(C)(C)C. The Labute approximate surface area is 224 Å². The van der Waals surface area contributed by atoms with E-state index < -0.39 is 29.7 Å². The molecule has 0 saturated carbocycles. The number of hydrogen-bond acceptors (Lipinski definition) is 9. The lowest BCUT2D eigenvalue weighted by Crippen LogP contribution is -2.45. The predicted molar refractivity (Wildman–Crippen MR) is 141 cm³/mol. The van der Waals surface area contributed by atoms with Gasteiger partial charge >= 0.3 is 18.0 Å². The first kappa shape index (κ1) is 27.2. The molecule has 0 aliphatic heterocycles. The number of aromatic hydroxyl groups is 1. The number of benzene rings is 3. The summed E-state index contributed by atoms with van der Waals surface area (Å²) in [7, 11) is 1.24. The van der Waals surface area contributed by atoms with E-state index in [4.69, 9.17) is 18.6 Å². The van der Waals surface area contributed by atoms with E-state index in [1.807, 2.05) is 0 Å². The second kappa shape index (κ2) is 11.3. The number of phenolic OH excluding ortho intramolecular Hbond substituents is 1. The highest BCUT2D eigenvalue weighted by atomic mass is 16.6. The fourth-order valence-corrected chi connectivity index (χ4v) is 3.73. The molecule has 39 heavy (non-hydrogen) atoms. The number of oxazole rings is 1. The molecule has 1 aromatic heterocycles. The van der Waals surface area contributed by atoms with Crippen LogP contribution < -0.4 is 10.1 Å². The minimum Gasteiger partial charge on any atom is -0.507 e. The molecule has 0 bridgehead atoms. The topological polar surface area (TPSA) is 137 Å². The number of methoxy groups -OCH3 is 1. The average Bonchev–Trinajstić information content (AvgIpc) is 3.30. The van der Waals surface area contributed by atoms with Gasteiger partial charge in [0, 0.05) is 12.5 Å². The van der Waals surface area contributed by atoms with Crippen LogP contribution in [0.4, 0.5) is 4.79 Å². The number of ether oxygens (including phenoxy) is 3. The molecule has 0 fully saturated rings. The van der Waals surface area contributed by atoms with Gasteiger partial charge in [0.2, 0.25) is 5.89 Å². The van der Waals surface area contributed by atoms with E-state index in [2.05, 4.69) is 10.3 Å². The summed E-state index contributed by atoms with van der Waals surface area (Å²) in [5, 5.41) is 13.1. The Hall–Kier alpha value is -4.86. The zero-order valence-corrected chi connectivity index (χ0v) is 21.9. The Morgan fingerprint density at radius 3 is 2.44 bits per heavy atom. The molecule has 0 saturated heterocycles. The minimum atomic E-state index is -0.983. The summed E-state index contributed by atoms with van der Waals surface area (Å²) in [4.78, 5) is 41.3. The van der Waals surface area contributed by atoms with Crippen LogP contribution >= 0.6 is 0 Å². The Balaban J connectivity index is 1.51. The normalized spacial score (nSPS) is 12.0. The molecule has 0 aliphatic carbocycles. The Kier molecular flexibility index (Phi) is 7.85. The van der Waals surface area contributed by atoms with Crippen molar-refractivity contribution in [1.82, 2.24) is 10.3 Å². The van der Waals surface area contributed by atoms with E-state index >= 15 is 0 Å². The van der Waals surface area contributed by atoms with Crippen LogP contribution in [0.3, 0.4) is 0 Å². The van der Waals surface area contributed by atoms with E-state index in [-0.39, 0.29) is 23.8 Å². The van der Waals surface area contributed by atoms with E-state index in [0.29, 0.717) is 27.8 Å². The lowest BCUT2D eigenvalue weighted by molar-refractivity contribution is -0.143. The summed E-state index contributed by atoms with van der Waals surface area (Å²) in [6.45, 7) is 5.16. The van der Waals surface area contributed by atoms with E-state index in [9.17, 15) is 19.5 Å². The molecule has 4 rings (SSSR count). The van der Waals surface area contributed by atoms with Crippen molar-refractivity contribution in [2.45, 2.75) is 38.8 Å². The first-order valence-corrected chi connectivity index (χ1v) is 12.1. The number of carbonyl (C=O) groups is 3. The highest BCUT2D eigenvalue weighted by Gasteiger charge is 2.26. The number of nitrogens with zero attached hydrogens (tertiary/aromatic N) is 1. The van der Waals surface area contributed by atoms with Crippen LogP contribution in [0.25, 0.3) is 22.6 Å². The van der Waals surface area contributed by atoms with Gasteiger partial charge < -0.3 is 29.1 Å². The summed E-state index contributed by atoms with van der Waals surface area (Å²) in [5.74, 6) is -1.05. The summed E-state index contributed by atoms with van der Waals surface area (Å²) < 4.78 is 21.2. The highest BCUT2D eigenvalue weighted by Crippen LogP contribution is 2.34. The fourth-order valence-electron chi connectivity index (χ4n) is 3.73. The van der Waals surface area contributed by atoms with Gasteiger partial charge in [-0.25, -0.2) is 19.4 Å². The van der Waals surface area contributed by atoms with Crippen molar-refractivity contribution in [2.75, 3.05) is 7.11 Å². The third kappa shape index (κ3) is 6.92. The number of hydrogen-bond donors (Lipinski definition) is 2. The third-order valence-corrected chi connectivity index (χ3v) is 5.49. The van der Waals surface area contributed by atoms with Crippen LogP contribution in [-0.2, 0) is 20.7 Å². The van der Waals surface area contributed by atoms with E-state index in [0.717, 1.165) is 0 Å². The zero-order chi connectivity index (χ0) is 28.2. The molecule has 1 heterocycles. The molecule has 3 aromatic carbocycles. The Morgan fingerprint density at radius 2 is 1.77 bits per heavy atom. The molecule has 4 aromatic rings. The number of aromatic nitrogens is 1. The Bertz CT molecular complexity index is 1510. The highest BCUT2D eigenvalue weighted by molar-refractivity contribution is 5.91. The molecule has 0 aliphatic rings. The largest absolute Gasteiger partial charge is 0.507 e. The summed E-state index contributed by atoms with van der Waals surface area (Å²) >= 11 is 0. The molecule has 0 radical (unpaired) electrons. The summed E-state index contributed by atoms with van der Waals surface area (Å²) in [5.41, 5.74) is 1.55. The van der Waals surface area contributed by atoms with Crippen molar-refractivity contribution < 1.29 is 38.1 Å². The number of esters is 2. The second-order valence-corrected chi connectivity index (χ2v) is 9.68. The van der Waals surface area contributed by atoms with Gasteiger partial charge in [0.25, 0.3) is 0 Å². The summed E-state index contributed by atoms with van der Waals surface area (Å²) in [6.07, 6.45) is -0.618. The quantitative estimate of drug-likeness (QED) is 0.248. The zero-order valence-electron chi connectivity index (χ0n) is 21.9. The molecule has 10 heteroatoms. The number of nitrogens with one attached hydrogen (secondary N) is 1. The molecular weight excluding hydrogens is 504 g/mol. The molecule has 2 N–H and O–H groups in total. The smallest absolute Gasteiger partial charge is 0.408 e. The van der Waals surface area contributed by atoms with E-state index in [1.165, 1.54) is 25.3 Å². The first-order chi connectivity index (χ1) is 18.5. The van der Waals surface area contributed by atoms with Crippen LogP contribution in [-0.4, -0.2) is 46.9 Å². The molecule has 0 spiro atoms. The van der Waals surface area contributed by atoms with Gasteiger partial charge in [0.05, 0.1) is 18.2 Å². The van der Waals surface area contributed by atoms with Crippen LogP contribution in [0.2, 0.25) is 0 Å². The number of alkyl carbamates (subject to hydrolysis) is 1. The monoisotopic (exact) mass is 532 g/mol. The fraction of sp³-hybridized carbons (Fsp3) is 0.241. The minimum absolute atomic E-state index is 0.122. The van der Waals surface area contributed by atoms with Gasteiger partial charge in [0.1, 0.15) is 28.7 Å². The number of fused-ring (bicyclic) bond motifs is 1. The van der Waals surface area contributed by atoms with Gasteiger partial charge in [-0.05, 0) is 62.7 Å². The number of rotatable bonds is 7. The molecule has 10 nitrogen and oxygen atoms in total. The maximum Gasteiger partial charge on any atom is 0.408 e. The lowest BCUT2D eigenvalue weighted by atomic mass is 10.1. The molecule has 1 amide bonds. The van der Waals surface area contributed by atoms with Gasteiger partial charge in [-0.3, -0.25) is 0 Å². The summed E-state index contributed by atoms with van der Waals surface area (Å²) in [6, 6.07) is 17.0. The maximum atomic E-state index is 12.3. The predicted octanol–water partition coefficient (Wildman–Crippen LogP) is 5.03.